The molecule has 3 amide bonds. The summed E-state index contributed by atoms with van der Waals surface area (Å²) in [5.74, 6) is 0.225. The van der Waals surface area contributed by atoms with Gasteiger partial charge in [0.05, 0.1) is 24.1 Å². The molecule has 0 atom stereocenters. The predicted octanol–water partition coefficient (Wildman–Crippen LogP) is 3.65. The molecule has 1 aliphatic carbocycles. The van der Waals surface area contributed by atoms with Crippen LogP contribution in [-0.4, -0.2) is 54.9 Å². The van der Waals surface area contributed by atoms with Crippen molar-refractivity contribution in [3.8, 4) is 11.3 Å². The number of hydrogen-bond acceptors (Lipinski definition) is 9. The molecule has 4 aromatic heterocycles. The summed E-state index contributed by atoms with van der Waals surface area (Å²) in [5.41, 5.74) is -1.91. The fraction of sp³-hybridized carbons (Fsp3) is 0.308. The standard InChI is InChI=1S/C26H24F3N9O4/c1-14-17(26(27,28)29)9-16(10-30-14)18-5-4-6-20(34-18)35-23(40)25(7-8-25)38-13-32-22(19(38)12-39)37(3)24(41)31-11-21-33-15(2)42-36-21/h4-6,9-10,12-13H,7-8,11H2,1-3H3,(H,31,41)(H,34,35,40). The van der Waals surface area contributed by atoms with Crippen LogP contribution in [0.4, 0.5) is 29.6 Å². The van der Waals surface area contributed by atoms with Crippen molar-refractivity contribution in [1.29, 1.82) is 0 Å². The molecule has 0 aliphatic heterocycles. The topological polar surface area (TPSA) is 161 Å². The fourth-order valence-corrected chi connectivity index (χ4v) is 4.39. The van der Waals surface area contributed by atoms with Gasteiger partial charge < -0.3 is 19.7 Å². The van der Waals surface area contributed by atoms with Crippen LogP contribution in [0.2, 0.25) is 0 Å². The summed E-state index contributed by atoms with van der Waals surface area (Å²) in [4.78, 5) is 55.7. The van der Waals surface area contributed by atoms with E-state index in [1.807, 2.05) is 0 Å². The summed E-state index contributed by atoms with van der Waals surface area (Å²) in [5, 5.41) is 8.98. The molecular weight excluding hydrogens is 559 g/mol. The summed E-state index contributed by atoms with van der Waals surface area (Å²) < 4.78 is 46.4. The van der Waals surface area contributed by atoms with E-state index in [9.17, 15) is 27.6 Å². The highest BCUT2D eigenvalue weighted by atomic mass is 19.4. The zero-order chi connectivity index (χ0) is 30.2. The minimum atomic E-state index is -4.58. The van der Waals surface area contributed by atoms with E-state index in [0.29, 0.717) is 25.0 Å². The second-order valence-electron chi connectivity index (χ2n) is 9.64. The maximum absolute atomic E-state index is 13.4. The third kappa shape index (κ3) is 5.42. The van der Waals surface area contributed by atoms with Crippen LogP contribution in [-0.2, 0) is 23.1 Å². The number of rotatable bonds is 8. The first-order valence-electron chi connectivity index (χ1n) is 12.6. The van der Waals surface area contributed by atoms with Crippen molar-refractivity contribution in [2.24, 2.45) is 0 Å². The highest BCUT2D eigenvalue weighted by molar-refractivity contribution is 6.00. The Morgan fingerprint density at radius 1 is 1.19 bits per heavy atom. The number of carbonyl (C=O) groups is 3. The molecule has 218 valence electrons. The van der Waals surface area contributed by atoms with E-state index < -0.39 is 29.2 Å². The third-order valence-corrected chi connectivity index (χ3v) is 6.77. The van der Waals surface area contributed by atoms with Crippen molar-refractivity contribution in [1.82, 2.24) is 35.0 Å². The zero-order valence-corrected chi connectivity index (χ0v) is 22.6. The highest BCUT2D eigenvalue weighted by Crippen LogP contribution is 2.46. The Labute approximate surface area is 236 Å². The Morgan fingerprint density at radius 3 is 2.60 bits per heavy atom. The van der Waals surface area contributed by atoms with Gasteiger partial charge in [0.2, 0.25) is 5.89 Å². The summed E-state index contributed by atoms with van der Waals surface area (Å²) in [7, 11) is 1.41. The minimum absolute atomic E-state index is 0.00262. The lowest BCUT2D eigenvalue weighted by atomic mass is 10.1. The van der Waals surface area contributed by atoms with Crippen LogP contribution in [0.25, 0.3) is 11.3 Å². The number of pyridine rings is 2. The van der Waals surface area contributed by atoms with Gasteiger partial charge >= 0.3 is 12.2 Å². The molecule has 0 saturated heterocycles. The molecule has 5 rings (SSSR count). The average Bonchev–Trinajstić information content (AvgIpc) is 3.47. The van der Waals surface area contributed by atoms with E-state index in [4.69, 9.17) is 4.52 Å². The fourth-order valence-electron chi connectivity index (χ4n) is 4.39. The summed E-state index contributed by atoms with van der Waals surface area (Å²) in [6.07, 6.45) is -0.750. The Hall–Kier alpha value is -5.15. The van der Waals surface area contributed by atoms with Gasteiger partial charge in [-0.2, -0.15) is 18.2 Å². The Kier molecular flexibility index (Phi) is 7.22. The van der Waals surface area contributed by atoms with Crippen LogP contribution in [0.15, 0.2) is 41.3 Å². The molecule has 13 nitrogen and oxygen atoms in total. The number of aryl methyl sites for hydroxylation is 2. The van der Waals surface area contributed by atoms with Crippen LogP contribution >= 0.6 is 0 Å². The van der Waals surface area contributed by atoms with Crippen molar-refractivity contribution < 1.29 is 32.1 Å². The van der Waals surface area contributed by atoms with Crippen molar-refractivity contribution in [3.05, 3.63) is 65.5 Å². The first-order valence-corrected chi connectivity index (χ1v) is 12.6. The van der Waals surface area contributed by atoms with Gasteiger partial charge in [0, 0.05) is 31.4 Å². The number of anilines is 2. The van der Waals surface area contributed by atoms with E-state index in [1.54, 1.807) is 13.0 Å². The normalized spacial score (nSPS) is 13.9. The predicted molar refractivity (Wildman–Crippen MR) is 140 cm³/mol. The first kappa shape index (κ1) is 28.4. The second-order valence-corrected chi connectivity index (χ2v) is 9.64. The summed E-state index contributed by atoms with van der Waals surface area (Å²) >= 11 is 0. The second kappa shape index (κ2) is 10.7. The molecule has 2 N–H and O–H groups in total. The number of nitrogens with one attached hydrogen (secondary N) is 2. The number of amides is 3. The molecule has 0 bridgehead atoms. The van der Waals surface area contributed by atoms with Crippen LogP contribution in [0, 0.1) is 13.8 Å². The number of nitrogens with zero attached hydrogens (tertiary/aromatic N) is 7. The summed E-state index contributed by atoms with van der Waals surface area (Å²) in [6.45, 7) is 2.85. The highest BCUT2D eigenvalue weighted by Gasteiger charge is 2.53. The number of hydrogen-bond donors (Lipinski definition) is 2. The maximum Gasteiger partial charge on any atom is 0.418 e. The van der Waals surface area contributed by atoms with Gasteiger partial charge in [-0.05, 0) is 38.0 Å². The van der Waals surface area contributed by atoms with Gasteiger partial charge in [-0.1, -0.05) is 11.2 Å². The van der Waals surface area contributed by atoms with Crippen molar-refractivity contribution in [3.63, 3.8) is 0 Å². The largest absolute Gasteiger partial charge is 0.418 e. The van der Waals surface area contributed by atoms with Crippen molar-refractivity contribution in [2.45, 2.75) is 44.9 Å². The van der Waals surface area contributed by atoms with Gasteiger partial charge in [0.1, 0.15) is 17.1 Å². The van der Waals surface area contributed by atoms with E-state index in [-0.39, 0.29) is 46.7 Å². The molecule has 16 heteroatoms. The molecule has 4 aromatic rings. The number of imidazole rings is 1. The molecule has 1 saturated carbocycles. The van der Waals surface area contributed by atoms with Gasteiger partial charge in [-0.15, -0.1) is 0 Å². The third-order valence-electron chi connectivity index (χ3n) is 6.77. The number of carbonyl (C=O) groups excluding carboxylic acids is 3. The molecule has 1 aliphatic rings. The van der Waals surface area contributed by atoms with Gasteiger partial charge in [-0.25, -0.2) is 14.8 Å². The van der Waals surface area contributed by atoms with E-state index in [1.165, 1.54) is 43.2 Å². The van der Waals surface area contributed by atoms with Gasteiger partial charge in [-0.3, -0.25) is 19.5 Å². The quantitative estimate of drug-likeness (QED) is 0.295. The lowest BCUT2D eigenvalue weighted by Crippen LogP contribution is -2.38. The van der Waals surface area contributed by atoms with Gasteiger partial charge in [0.25, 0.3) is 5.91 Å². The van der Waals surface area contributed by atoms with Crippen LogP contribution in [0.1, 0.15) is 46.3 Å². The number of alkyl halides is 3. The van der Waals surface area contributed by atoms with Crippen LogP contribution < -0.4 is 15.5 Å². The van der Waals surface area contributed by atoms with Crippen molar-refractivity contribution >= 4 is 29.9 Å². The zero-order valence-electron chi connectivity index (χ0n) is 22.6. The Bertz CT molecular complexity index is 1680. The molecular formula is C26H24F3N9O4. The lowest BCUT2D eigenvalue weighted by molar-refractivity contribution is -0.138. The Balaban J connectivity index is 1.33. The number of aldehydes is 1. The smallest absolute Gasteiger partial charge is 0.340 e. The molecule has 0 radical (unpaired) electrons. The maximum atomic E-state index is 13.4. The van der Waals surface area contributed by atoms with Crippen LogP contribution in [0.5, 0.6) is 0 Å². The van der Waals surface area contributed by atoms with Crippen molar-refractivity contribution in [2.75, 3.05) is 17.3 Å². The Morgan fingerprint density at radius 2 is 1.95 bits per heavy atom. The molecule has 42 heavy (non-hydrogen) atoms. The minimum Gasteiger partial charge on any atom is -0.340 e. The number of aromatic nitrogens is 6. The number of halogens is 3. The molecule has 4 heterocycles. The SMILES string of the molecule is Cc1nc(CNC(=O)N(C)c2ncn(C3(C(=O)Nc4cccc(-c5cnc(C)c(C(F)(F)F)c5)n4)CC3)c2C=O)no1. The molecule has 0 spiro atoms. The monoisotopic (exact) mass is 583 g/mol. The average molecular weight is 584 g/mol. The van der Waals surface area contributed by atoms with E-state index >= 15 is 0 Å². The molecule has 1 fully saturated rings. The number of urea groups is 1. The van der Waals surface area contributed by atoms with E-state index in [2.05, 4.69) is 35.7 Å². The molecule has 0 unspecified atom stereocenters. The lowest BCUT2D eigenvalue weighted by Gasteiger charge is -2.20. The van der Waals surface area contributed by atoms with E-state index in [0.717, 1.165) is 11.0 Å². The first-order chi connectivity index (χ1) is 19.9. The van der Waals surface area contributed by atoms with Crippen LogP contribution in [0.3, 0.4) is 0 Å². The molecule has 0 aromatic carbocycles. The van der Waals surface area contributed by atoms with Gasteiger partial charge in [0.15, 0.2) is 17.9 Å². The summed E-state index contributed by atoms with van der Waals surface area (Å²) in [6, 6.07) is 4.90.